The maximum absolute atomic E-state index is 6.73. The van der Waals surface area contributed by atoms with Crippen LogP contribution in [0.15, 0.2) is 124 Å². The van der Waals surface area contributed by atoms with E-state index in [1.54, 1.807) is 0 Å². The second-order valence-corrected chi connectivity index (χ2v) is 11.7. The van der Waals surface area contributed by atoms with Crippen LogP contribution in [0.2, 0.25) is 0 Å². The van der Waals surface area contributed by atoms with Crippen molar-refractivity contribution < 1.29 is 8.83 Å². The van der Waals surface area contributed by atoms with Crippen LogP contribution in [-0.4, -0.2) is 0 Å². The van der Waals surface area contributed by atoms with Crippen molar-refractivity contribution in [1.82, 2.24) is 0 Å². The maximum atomic E-state index is 6.73. The Morgan fingerprint density at radius 2 is 1.00 bits per heavy atom. The van der Waals surface area contributed by atoms with E-state index < -0.39 is 0 Å². The average molecular weight is 517 g/mol. The van der Waals surface area contributed by atoms with Gasteiger partial charge in [0.15, 0.2) is 0 Å². The third kappa shape index (κ3) is 3.36. The first-order chi connectivity index (χ1) is 19.5. The minimum Gasteiger partial charge on any atom is -0.455 e. The Bertz CT molecular complexity index is 2140. The molecule has 192 valence electrons. The Balaban J connectivity index is 1.58. The smallest absolute Gasteiger partial charge is 0.147 e. The van der Waals surface area contributed by atoms with Gasteiger partial charge in [0.1, 0.15) is 22.3 Å². The molecule has 40 heavy (non-hydrogen) atoms. The highest BCUT2D eigenvalue weighted by atomic mass is 16.3. The van der Waals surface area contributed by atoms with Gasteiger partial charge in [-0.05, 0) is 51.1 Å². The van der Waals surface area contributed by atoms with Crippen molar-refractivity contribution >= 4 is 54.6 Å². The molecule has 2 heteroatoms. The summed E-state index contributed by atoms with van der Waals surface area (Å²) in [5.41, 5.74) is 9.26. The van der Waals surface area contributed by atoms with Crippen LogP contribution in [0, 0.1) is 0 Å². The molecular weight excluding hydrogens is 488 g/mol. The van der Waals surface area contributed by atoms with Crippen LogP contribution in [-0.2, 0) is 5.41 Å². The van der Waals surface area contributed by atoms with Crippen molar-refractivity contribution in [3.63, 3.8) is 0 Å². The molecule has 0 saturated heterocycles. The van der Waals surface area contributed by atoms with Gasteiger partial charge in [-0.2, -0.15) is 0 Å². The van der Waals surface area contributed by atoms with Crippen molar-refractivity contribution in [2.24, 2.45) is 0 Å². The molecule has 0 aliphatic carbocycles. The molecule has 0 bridgehead atoms. The minimum atomic E-state index is 0.0772. The second kappa shape index (κ2) is 8.34. The van der Waals surface area contributed by atoms with Crippen molar-refractivity contribution in [2.45, 2.75) is 26.2 Å². The summed E-state index contributed by atoms with van der Waals surface area (Å²) in [6, 6.07) is 40.9. The predicted octanol–water partition coefficient (Wildman–Crippen LogP) is 11.3. The zero-order chi connectivity index (χ0) is 27.0. The van der Waals surface area contributed by atoms with Gasteiger partial charge in [-0.15, -0.1) is 0 Å². The van der Waals surface area contributed by atoms with Gasteiger partial charge in [0.25, 0.3) is 0 Å². The molecule has 0 aliphatic rings. The molecule has 0 radical (unpaired) electrons. The van der Waals surface area contributed by atoms with Crippen molar-refractivity contribution in [3.8, 4) is 22.3 Å². The van der Waals surface area contributed by atoms with Gasteiger partial charge in [0, 0.05) is 27.1 Å². The minimum absolute atomic E-state index is 0.0772. The number of hydrogen-bond acceptors (Lipinski definition) is 2. The summed E-state index contributed by atoms with van der Waals surface area (Å²) in [6.45, 7) is 6.76. The largest absolute Gasteiger partial charge is 0.455 e. The molecule has 8 rings (SSSR count). The van der Waals surface area contributed by atoms with Crippen LogP contribution in [0.25, 0.3) is 76.9 Å². The van der Waals surface area contributed by atoms with Crippen molar-refractivity contribution in [1.29, 1.82) is 0 Å². The SMILES string of the molecule is CC(C)(C)c1ccc(-c2c3c(oc4ccccc43)c(-c3ccc4ccccc4c3)c3oc4ccccc4c23)cc1. The van der Waals surface area contributed by atoms with E-state index in [0.717, 1.165) is 66.1 Å². The van der Waals surface area contributed by atoms with Crippen LogP contribution in [0.1, 0.15) is 26.3 Å². The molecule has 0 N–H and O–H groups in total. The molecule has 0 spiro atoms. The second-order valence-electron chi connectivity index (χ2n) is 11.7. The van der Waals surface area contributed by atoms with E-state index in [1.165, 1.54) is 16.3 Å². The van der Waals surface area contributed by atoms with Gasteiger partial charge < -0.3 is 8.83 Å². The first kappa shape index (κ1) is 23.1. The zero-order valence-electron chi connectivity index (χ0n) is 22.8. The number of para-hydroxylation sites is 2. The highest BCUT2D eigenvalue weighted by Gasteiger charge is 2.26. The molecular formula is C38H28O2. The summed E-state index contributed by atoms with van der Waals surface area (Å²) in [4.78, 5) is 0. The molecule has 8 aromatic rings. The lowest BCUT2D eigenvalue weighted by Crippen LogP contribution is -2.10. The standard InChI is InChI=1S/C38H28O2/c1-38(2,3)27-20-18-24(19-21-27)32-34-28-12-6-8-14-30(28)39-36(34)33(26-17-16-23-10-4-5-11-25(23)22-26)37-35(32)29-13-7-9-15-31(29)40-37/h4-22H,1-3H3. The summed E-state index contributed by atoms with van der Waals surface area (Å²) in [5.74, 6) is 0. The van der Waals surface area contributed by atoms with E-state index in [0.29, 0.717) is 0 Å². The number of benzene rings is 6. The van der Waals surface area contributed by atoms with Crippen molar-refractivity contribution in [3.05, 3.63) is 121 Å². The molecule has 6 aromatic carbocycles. The van der Waals surface area contributed by atoms with Crippen LogP contribution >= 0.6 is 0 Å². The van der Waals surface area contributed by atoms with Crippen LogP contribution in [0.3, 0.4) is 0 Å². The quantitative estimate of drug-likeness (QED) is 0.228. The molecule has 0 fully saturated rings. The number of fused-ring (bicyclic) bond motifs is 7. The molecule has 2 aromatic heterocycles. The lowest BCUT2D eigenvalue weighted by Gasteiger charge is -2.19. The Kier molecular flexibility index (Phi) is 4.82. The van der Waals surface area contributed by atoms with E-state index in [-0.39, 0.29) is 5.41 Å². The third-order valence-corrected chi connectivity index (χ3v) is 8.22. The topological polar surface area (TPSA) is 26.3 Å². The van der Waals surface area contributed by atoms with E-state index in [1.807, 2.05) is 12.1 Å². The summed E-state index contributed by atoms with van der Waals surface area (Å²) < 4.78 is 13.5. The Hall–Kier alpha value is -4.82. The van der Waals surface area contributed by atoms with E-state index in [9.17, 15) is 0 Å². The van der Waals surface area contributed by atoms with Crippen LogP contribution in [0.5, 0.6) is 0 Å². The molecule has 2 heterocycles. The first-order valence-electron chi connectivity index (χ1n) is 13.9. The monoisotopic (exact) mass is 516 g/mol. The molecule has 0 amide bonds. The highest BCUT2D eigenvalue weighted by Crippen LogP contribution is 2.50. The van der Waals surface area contributed by atoms with E-state index >= 15 is 0 Å². The highest BCUT2D eigenvalue weighted by molar-refractivity contribution is 6.30. The number of furan rings is 2. The fraction of sp³-hybridized carbons (Fsp3) is 0.105. The molecule has 0 unspecified atom stereocenters. The fourth-order valence-corrected chi connectivity index (χ4v) is 6.20. The molecule has 0 atom stereocenters. The molecule has 0 saturated carbocycles. The Morgan fingerprint density at radius 3 is 1.60 bits per heavy atom. The lowest BCUT2D eigenvalue weighted by molar-refractivity contribution is 0.590. The first-order valence-corrected chi connectivity index (χ1v) is 13.9. The Labute approximate surface area is 232 Å². The normalized spacial score (nSPS) is 12.4. The summed E-state index contributed by atoms with van der Waals surface area (Å²) in [5, 5.41) is 6.88. The third-order valence-electron chi connectivity index (χ3n) is 8.22. The van der Waals surface area contributed by atoms with E-state index in [2.05, 4.69) is 124 Å². The van der Waals surface area contributed by atoms with Gasteiger partial charge in [-0.1, -0.05) is 118 Å². The molecule has 0 aliphatic heterocycles. The number of hydrogen-bond donors (Lipinski definition) is 0. The zero-order valence-corrected chi connectivity index (χ0v) is 22.8. The lowest BCUT2D eigenvalue weighted by atomic mass is 9.85. The van der Waals surface area contributed by atoms with Crippen LogP contribution < -0.4 is 0 Å². The van der Waals surface area contributed by atoms with Crippen molar-refractivity contribution in [2.75, 3.05) is 0 Å². The maximum Gasteiger partial charge on any atom is 0.147 e. The summed E-state index contributed by atoms with van der Waals surface area (Å²) >= 11 is 0. The average Bonchev–Trinajstić information content (AvgIpc) is 3.54. The van der Waals surface area contributed by atoms with Crippen LogP contribution in [0.4, 0.5) is 0 Å². The predicted molar refractivity (Wildman–Crippen MR) is 168 cm³/mol. The summed E-state index contributed by atoms with van der Waals surface area (Å²) in [6.07, 6.45) is 0. The molecule has 2 nitrogen and oxygen atoms in total. The van der Waals surface area contributed by atoms with Gasteiger partial charge in [-0.3, -0.25) is 0 Å². The Morgan fingerprint density at radius 1 is 0.475 bits per heavy atom. The van der Waals surface area contributed by atoms with E-state index in [4.69, 9.17) is 8.83 Å². The fourth-order valence-electron chi connectivity index (χ4n) is 6.20. The van der Waals surface area contributed by atoms with Gasteiger partial charge in [0.2, 0.25) is 0 Å². The number of rotatable bonds is 2. The van der Waals surface area contributed by atoms with Gasteiger partial charge in [0.05, 0.1) is 5.56 Å². The van der Waals surface area contributed by atoms with Gasteiger partial charge >= 0.3 is 0 Å². The summed E-state index contributed by atoms with van der Waals surface area (Å²) in [7, 11) is 0. The van der Waals surface area contributed by atoms with Gasteiger partial charge in [-0.25, -0.2) is 0 Å².